The van der Waals surface area contributed by atoms with E-state index in [4.69, 9.17) is 4.98 Å². The second-order valence-corrected chi connectivity index (χ2v) is 7.24. The van der Waals surface area contributed by atoms with Gasteiger partial charge in [0.05, 0.1) is 22.8 Å². The number of H-pyrrole nitrogens is 1. The van der Waals surface area contributed by atoms with E-state index in [0.717, 1.165) is 40.8 Å². The number of hydrogen-bond acceptors (Lipinski definition) is 4. The van der Waals surface area contributed by atoms with Gasteiger partial charge in [0.2, 0.25) is 0 Å². The fourth-order valence-corrected chi connectivity index (χ4v) is 3.97. The molecule has 5 rings (SSSR count). The van der Waals surface area contributed by atoms with E-state index in [0.29, 0.717) is 17.7 Å². The molecule has 28 heavy (non-hydrogen) atoms. The third-order valence-electron chi connectivity index (χ3n) is 5.32. The molecule has 0 saturated carbocycles. The summed E-state index contributed by atoms with van der Waals surface area (Å²) in [5.41, 5.74) is 5.21. The number of anilines is 1. The average molecular weight is 375 g/mol. The Morgan fingerprint density at radius 3 is 2.89 bits per heavy atom. The summed E-state index contributed by atoms with van der Waals surface area (Å²) in [6.45, 7) is 2.75. The summed E-state index contributed by atoms with van der Waals surface area (Å²) < 4.78 is 0. The monoisotopic (exact) mass is 375 g/mol. The first-order valence-corrected chi connectivity index (χ1v) is 9.43. The van der Waals surface area contributed by atoms with Crippen molar-refractivity contribution in [1.29, 1.82) is 0 Å². The van der Waals surface area contributed by atoms with Gasteiger partial charge < -0.3 is 15.2 Å². The minimum Gasteiger partial charge on any atom is -0.340 e. The highest BCUT2D eigenvalue weighted by Crippen LogP contribution is 2.33. The van der Waals surface area contributed by atoms with Crippen LogP contribution in [0.25, 0.3) is 22.1 Å². The number of rotatable bonds is 2. The normalized spacial score (nSPS) is 16.9. The molecule has 0 radical (unpaired) electrons. The second-order valence-electron chi connectivity index (χ2n) is 7.24. The minimum atomic E-state index is -0.141. The zero-order valence-electron chi connectivity index (χ0n) is 15.8. The molecule has 2 amide bonds. The van der Waals surface area contributed by atoms with Gasteiger partial charge in [-0.1, -0.05) is 18.2 Å². The van der Waals surface area contributed by atoms with Crippen LogP contribution in [0.15, 0.2) is 36.4 Å². The van der Waals surface area contributed by atoms with Crippen LogP contribution in [-0.2, 0) is 7.05 Å². The Bertz CT molecular complexity index is 1190. The van der Waals surface area contributed by atoms with Crippen molar-refractivity contribution in [3.05, 3.63) is 47.8 Å². The van der Waals surface area contributed by atoms with Crippen molar-refractivity contribution in [2.24, 2.45) is 7.05 Å². The van der Waals surface area contributed by atoms with Crippen LogP contribution >= 0.6 is 0 Å². The highest BCUT2D eigenvalue weighted by molar-refractivity contribution is 5.98. The zero-order chi connectivity index (χ0) is 19.3. The molecule has 1 aliphatic heterocycles. The minimum absolute atomic E-state index is 0.0622. The van der Waals surface area contributed by atoms with E-state index in [1.807, 2.05) is 48.2 Å². The average Bonchev–Trinajstić information content (AvgIpc) is 3.38. The van der Waals surface area contributed by atoms with E-state index in [1.165, 1.54) is 4.80 Å². The summed E-state index contributed by atoms with van der Waals surface area (Å²) >= 11 is 0. The number of carbonyl (C=O) groups excluding carboxylic acids is 1. The molecule has 1 fully saturated rings. The number of nitrogens with zero attached hydrogens (tertiary/aromatic N) is 5. The lowest BCUT2D eigenvalue weighted by molar-refractivity contribution is 0.205. The SMILES string of the molecule is Cc1cccc2[nH]c(C3CCCN3C(=O)Nc3cccc4nn(C)nc34)nc12. The van der Waals surface area contributed by atoms with Crippen molar-refractivity contribution < 1.29 is 4.79 Å². The number of benzene rings is 2. The lowest BCUT2D eigenvalue weighted by atomic mass is 10.2. The molecule has 3 heterocycles. The Hall–Kier alpha value is -3.42. The summed E-state index contributed by atoms with van der Waals surface area (Å²) in [5.74, 6) is 0.842. The highest BCUT2D eigenvalue weighted by Gasteiger charge is 2.32. The number of fused-ring (bicyclic) bond motifs is 2. The maximum atomic E-state index is 13.0. The molecule has 2 aromatic carbocycles. The van der Waals surface area contributed by atoms with Crippen LogP contribution in [0.4, 0.5) is 10.5 Å². The number of para-hydroxylation sites is 1. The van der Waals surface area contributed by atoms with Gasteiger partial charge in [-0.25, -0.2) is 9.78 Å². The first-order chi connectivity index (χ1) is 13.6. The Morgan fingerprint density at radius 2 is 2.04 bits per heavy atom. The summed E-state index contributed by atoms with van der Waals surface area (Å²) in [6, 6.07) is 11.5. The third-order valence-corrected chi connectivity index (χ3v) is 5.32. The quantitative estimate of drug-likeness (QED) is 0.561. The topological polar surface area (TPSA) is 91.7 Å². The van der Waals surface area contributed by atoms with Crippen molar-refractivity contribution in [3.8, 4) is 0 Å². The smallest absolute Gasteiger partial charge is 0.322 e. The number of likely N-dealkylation sites (tertiary alicyclic amines) is 1. The van der Waals surface area contributed by atoms with Crippen LogP contribution in [0.5, 0.6) is 0 Å². The van der Waals surface area contributed by atoms with Crippen LogP contribution in [0.2, 0.25) is 0 Å². The first kappa shape index (κ1) is 16.7. The largest absolute Gasteiger partial charge is 0.340 e. The number of hydrogen-bond donors (Lipinski definition) is 2. The van der Waals surface area contributed by atoms with Gasteiger partial charge in [0, 0.05) is 13.6 Å². The third kappa shape index (κ3) is 2.69. The number of urea groups is 1. The number of nitrogens with one attached hydrogen (secondary N) is 2. The molecule has 1 atom stereocenters. The summed E-state index contributed by atoms with van der Waals surface area (Å²) in [6.07, 6.45) is 1.84. The predicted octanol–water partition coefficient (Wildman–Crippen LogP) is 3.52. The van der Waals surface area contributed by atoms with Gasteiger partial charge in [0.15, 0.2) is 0 Å². The molecule has 0 spiro atoms. The lowest BCUT2D eigenvalue weighted by Crippen LogP contribution is -2.34. The van der Waals surface area contributed by atoms with Gasteiger partial charge in [-0.2, -0.15) is 15.0 Å². The molecule has 8 heteroatoms. The van der Waals surface area contributed by atoms with Gasteiger partial charge in [-0.15, -0.1) is 0 Å². The highest BCUT2D eigenvalue weighted by atomic mass is 16.2. The van der Waals surface area contributed by atoms with Gasteiger partial charge in [-0.3, -0.25) is 0 Å². The standard InChI is InChI=1S/C20H21N7O/c1-12-6-3-7-13-17(12)23-19(21-13)16-10-5-11-27(16)20(28)22-14-8-4-9-15-18(14)25-26(2)24-15/h3-4,6-9,16H,5,10-11H2,1-2H3,(H,21,23)(H,22,28). The molecule has 8 nitrogen and oxygen atoms in total. The van der Waals surface area contributed by atoms with Crippen LogP contribution in [-0.4, -0.2) is 42.4 Å². The molecule has 0 aliphatic carbocycles. The fourth-order valence-electron chi connectivity index (χ4n) is 3.97. The van der Waals surface area contributed by atoms with Crippen molar-refractivity contribution in [1.82, 2.24) is 29.9 Å². The molecule has 1 unspecified atom stereocenters. The summed E-state index contributed by atoms with van der Waals surface area (Å²) in [7, 11) is 1.77. The van der Waals surface area contributed by atoms with E-state index >= 15 is 0 Å². The maximum absolute atomic E-state index is 13.0. The van der Waals surface area contributed by atoms with E-state index in [2.05, 4.69) is 20.5 Å². The number of imidazole rings is 1. The number of aromatic nitrogens is 5. The molecular weight excluding hydrogens is 354 g/mol. The predicted molar refractivity (Wildman–Crippen MR) is 107 cm³/mol. The molecule has 142 valence electrons. The second kappa shape index (κ2) is 6.33. The summed E-state index contributed by atoms with van der Waals surface area (Å²) in [4.78, 5) is 24.6. The van der Waals surface area contributed by atoms with Crippen LogP contribution in [0, 0.1) is 6.92 Å². The van der Waals surface area contributed by atoms with Crippen molar-refractivity contribution in [2.45, 2.75) is 25.8 Å². The van der Waals surface area contributed by atoms with Gasteiger partial charge in [-0.05, 0) is 43.5 Å². The molecule has 1 aliphatic rings. The lowest BCUT2D eigenvalue weighted by Gasteiger charge is -2.23. The molecule has 2 N–H and O–H groups in total. The maximum Gasteiger partial charge on any atom is 0.322 e. The summed E-state index contributed by atoms with van der Waals surface area (Å²) in [5, 5.41) is 11.7. The number of aromatic amines is 1. The van der Waals surface area contributed by atoms with E-state index in [-0.39, 0.29) is 12.1 Å². The molecule has 2 aromatic heterocycles. The van der Waals surface area contributed by atoms with Crippen molar-refractivity contribution in [2.75, 3.05) is 11.9 Å². The molecule has 0 bridgehead atoms. The Morgan fingerprint density at radius 1 is 1.18 bits per heavy atom. The van der Waals surface area contributed by atoms with Crippen molar-refractivity contribution in [3.63, 3.8) is 0 Å². The Balaban J connectivity index is 1.44. The van der Waals surface area contributed by atoms with Crippen LogP contribution in [0.3, 0.4) is 0 Å². The zero-order valence-corrected chi connectivity index (χ0v) is 15.8. The number of aryl methyl sites for hydroxylation is 2. The first-order valence-electron chi connectivity index (χ1n) is 9.43. The Kier molecular flexibility index (Phi) is 3.78. The van der Waals surface area contributed by atoms with E-state index < -0.39 is 0 Å². The number of amides is 2. The van der Waals surface area contributed by atoms with E-state index in [9.17, 15) is 4.79 Å². The van der Waals surface area contributed by atoms with Crippen LogP contribution < -0.4 is 5.32 Å². The number of carbonyl (C=O) groups is 1. The van der Waals surface area contributed by atoms with Crippen LogP contribution in [0.1, 0.15) is 30.3 Å². The molecule has 1 saturated heterocycles. The van der Waals surface area contributed by atoms with Gasteiger partial charge >= 0.3 is 6.03 Å². The Labute approximate surface area is 161 Å². The van der Waals surface area contributed by atoms with Gasteiger partial charge in [0.1, 0.15) is 16.9 Å². The van der Waals surface area contributed by atoms with Gasteiger partial charge in [0.25, 0.3) is 0 Å². The fraction of sp³-hybridized carbons (Fsp3) is 0.300. The van der Waals surface area contributed by atoms with Crippen molar-refractivity contribution >= 4 is 33.8 Å². The molecule has 4 aromatic rings. The van der Waals surface area contributed by atoms with E-state index in [1.54, 1.807) is 7.05 Å². The molecular formula is C20H21N7O.